The van der Waals surface area contributed by atoms with Crippen molar-refractivity contribution in [2.24, 2.45) is 0 Å². The van der Waals surface area contributed by atoms with E-state index in [-0.39, 0.29) is 5.91 Å². The largest absolute Gasteiger partial charge is 0.368 e. The van der Waals surface area contributed by atoms with Gasteiger partial charge in [0, 0.05) is 31.0 Å². The Morgan fingerprint density at radius 3 is 2.77 bits per heavy atom. The number of ether oxygens (including phenoxy) is 1. The molecule has 1 aromatic carbocycles. The summed E-state index contributed by atoms with van der Waals surface area (Å²) in [6.45, 7) is 1.95. The monoisotopic (exact) mass is 414 g/mol. The Morgan fingerprint density at radius 2 is 1.94 bits per heavy atom. The molecule has 5 heterocycles. The maximum absolute atomic E-state index is 13.1. The molecule has 0 N–H and O–H groups in total. The van der Waals surface area contributed by atoms with Gasteiger partial charge in [0.15, 0.2) is 5.65 Å². The van der Waals surface area contributed by atoms with Crippen LogP contribution in [-0.2, 0) is 16.8 Å². The third-order valence-electron chi connectivity index (χ3n) is 6.38. The fourth-order valence-electron chi connectivity index (χ4n) is 4.70. The summed E-state index contributed by atoms with van der Waals surface area (Å²) >= 11 is 0. The Bertz CT molecular complexity index is 1250. The molecule has 2 aliphatic rings. The van der Waals surface area contributed by atoms with E-state index in [0.717, 1.165) is 30.6 Å². The van der Waals surface area contributed by atoms with E-state index in [9.17, 15) is 4.79 Å². The number of carbonyl (C=O) groups is 1. The smallest absolute Gasteiger partial charge is 0.254 e. The van der Waals surface area contributed by atoms with Crippen molar-refractivity contribution < 1.29 is 9.53 Å². The Hall–Kier alpha value is -3.52. The Kier molecular flexibility index (Phi) is 4.14. The van der Waals surface area contributed by atoms with Crippen LogP contribution < -0.4 is 0 Å². The van der Waals surface area contributed by atoms with Gasteiger partial charge in [-0.25, -0.2) is 14.2 Å². The maximum Gasteiger partial charge on any atom is 0.254 e. The van der Waals surface area contributed by atoms with Gasteiger partial charge in [0.1, 0.15) is 11.9 Å². The van der Waals surface area contributed by atoms with Gasteiger partial charge in [-0.3, -0.25) is 4.79 Å². The van der Waals surface area contributed by atoms with E-state index >= 15 is 0 Å². The molecule has 2 aliphatic heterocycles. The summed E-state index contributed by atoms with van der Waals surface area (Å²) in [7, 11) is 0. The first-order valence-electron chi connectivity index (χ1n) is 10.6. The minimum atomic E-state index is -0.415. The second kappa shape index (κ2) is 7.02. The van der Waals surface area contributed by atoms with Crippen molar-refractivity contribution in [3.8, 4) is 5.69 Å². The number of rotatable bonds is 2. The molecule has 6 rings (SSSR count). The molecule has 8 nitrogen and oxygen atoms in total. The van der Waals surface area contributed by atoms with Crippen molar-refractivity contribution in [2.75, 3.05) is 19.7 Å². The van der Waals surface area contributed by atoms with Crippen molar-refractivity contribution in [1.29, 1.82) is 0 Å². The van der Waals surface area contributed by atoms with Crippen LogP contribution in [-0.4, -0.2) is 54.9 Å². The molecule has 0 atom stereocenters. The molecule has 8 heteroatoms. The van der Waals surface area contributed by atoms with Crippen molar-refractivity contribution >= 4 is 11.6 Å². The number of aromatic nitrogens is 5. The van der Waals surface area contributed by atoms with Gasteiger partial charge < -0.3 is 9.64 Å². The van der Waals surface area contributed by atoms with Gasteiger partial charge in [0.2, 0.25) is 0 Å². The lowest BCUT2D eigenvalue weighted by atomic mass is 9.83. The van der Waals surface area contributed by atoms with E-state index in [1.54, 1.807) is 22.8 Å². The van der Waals surface area contributed by atoms with Crippen molar-refractivity contribution in [2.45, 2.75) is 24.9 Å². The molecule has 1 spiro atoms. The molecular formula is C23H22N6O2. The zero-order valence-electron chi connectivity index (χ0n) is 17.0. The van der Waals surface area contributed by atoms with Crippen molar-refractivity contribution in [1.82, 2.24) is 29.3 Å². The quantitative estimate of drug-likeness (QED) is 0.504. The van der Waals surface area contributed by atoms with E-state index in [2.05, 4.69) is 28.4 Å². The van der Waals surface area contributed by atoms with Gasteiger partial charge in [0.25, 0.3) is 5.91 Å². The summed E-state index contributed by atoms with van der Waals surface area (Å²) in [6.07, 6.45) is 7.73. The van der Waals surface area contributed by atoms with Crippen LogP contribution >= 0.6 is 0 Å². The minimum Gasteiger partial charge on any atom is -0.368 e. The zero-order chi connectivity index (χ0) is 20.8. The van der Waals surface area contributed by atoms with E-state index in [1.165, 1.54) is 11.9 Å². The molecule has 1 amide bonds. The predicted molar refractivity (Wildman–Crippen MR) is 113 cm³/mol. The first kappa shape index (κ1) is 18.3. The molecule has 0 unspecified atom stereocenters. The average molecular weight is 414 g/mol. The molecule has 1 saturated heterocycles. The first-order valence-corrected chi connectivity index (χ1v) is 10.6. The maximum atomic E-state index is 13.1. The molecule has 4 aromatic rings. The van der Waals surface area contributed by atoms with Gasteiger partial charge in [-0.1, -0.05) is 18.2 Å². The van der Waals surface area contributed by atoms with Crippen LogP contribution in [0.3, 0.4) is 0 Å². The number of carbonyl (C=O) groups excluding carboxylic acids is 1. The lowest BCUT2D eigenvalue weighted by Gasteiger charge is -2.43. The summed E-state index contributed by atoms with van der Waals surface area (Å²) in [6, 6.07) is 13.7. The summed E-state index contributed by atoms with van der Waals surface area (Å²) < 4.78 is 9.93. The topological polar surface area (TPSA) is 77.5 Å². The Balaban J connectivity index is 1.24. The van der Waals surface area contributed by atoms with Crippen LogP contribution in [0.5, 0.6) is 0 Å². The summed E-state index contributed by atoms with van der Waals surface area (Å²) in [5.41, 5.74) is 4.21. The van der Waals surface area contributed by atoms with Gasteiger partial charge >= 0.3 is 0 Å². The predicted octanol–water partition coefficient (Wildman–Crippen LogP) is 2.62. The molecule has 31 heavy (non-hydrogen) atoms. The second-order valence-corrected chi connectivity index (χ2v) is 8.15. The standard InChI is InChI=1S/C23H22N6O2/c30-22(17-6-10-28-20(14-17)24-16-25-28)27-11-8-23(9-12-27)21-18(7-13-31-23)15-29(26-21)19-4-2-1-3-5-19/h1-6,10,14-16H,7-9,11-13H2. The van der Waals surface area contributed by atoms with Gasteiger partial charge in [-0.05, 0) is 49.1 Å². The number of hydrogen-bond donors (Lipinski definition) is 0. The number of benzene rings is 1. The van der Waals surface area contributed by atoms with Gasteiger partial charge in [-0.2, -0.15) is 10.2 Å². The van der Waals surface area contributed by atoms with Crippen LogP contribution in [0, 0.1) is 0 Å². The molecule has 156 valence electrons. The molecule has 0 bridgehead atoms. The fraction of sp³-hybridized carbons (Fsp3) is 0.304. The number of hydrogen-bond acceptors (Lipinski definition) is 5. The number of fused-ring (bicyclic) bond motifs is 3. The number of para-hydroxylation sites is 1. The highest BCUT2D eigenvalue weighted by molar-refractivity contribution is 5.95. The summed E-state index contributed by atoms with van der Waals surface area (Å²) in [4.78, 5) is 19.2. The summed E-state index contributed by atoms with van der Waals surface area (Å²) in [5.74, 6) is 0.0196. The van der Waals surface area contributed by atoms with E-state index in [0.29, 0.717) is 30.9 Å². The molecule has 0 aliphatic carbocycles. The van der Waals surface area contributed by atoms with Crippen molar-refractivity contribution in [3.63, 3.8) is 0 Å². The van der Waals surface area contributed by atoms with E-state index < -0.39 is 5.60 Å². The highest BCUT2D eigenvalue weighted by atomic mass is 16.5. The molecule has 0 radical (unpaired) electrons. The number of amides is 1. The normalized spacial score (nSPS) is 17.7. The fourth-order valence-corrected chi connectivity index (χ4v) is 4.70. The highest BCUT2D eigenvalue weighted by Crippen LogP contribution is 2.41. The summed E-state index contributed by atoms with van der Waals surface area (Å²) in [5, 5.41) is 9.01. The van der Waals surface area contributed by atoms with Crippen LogP contribution in [0.1, 0.15) is 34.5 Å². The Labute approximate surface area is 179 Å². The van der Waals surface area contributed by atoms with Gasteiger partial charge in [0.05, 0.1) is 18.0 Å². The second-order valence-electron chi connectivity index (χ2n) is 8.15. The first-order chi connectivity index (χ1) is 15.2. The molecular weight excluding hydrogens is 392 g/mol. The zero-order valence-corrected chi connectivity index (χ0v) is 17.0. The lowest BCUT2D eigenvalue weighted by Crippen LogP contribution is -2.48. The molecule has 0 saturated carbocycles. The number of piperidine rings is 1. The number of likely N-dealkylation sites (tertiary alicyclic amines) is 1. The molecule has 1 fully saturated rings. The SMILES string of the molecule is O=C(c1ccn2ncnc2c1)N1CCC2(CC1)OCCc1cn(-c3ccccc3)nc12. The van der Waals surface area contributed by atoms with Gasteiger partial charge in [-0.15, -0.1) is 0 Å². The highest BCUT2D eigenvalue weighted by Gasteiger charge is 2.44. The minimum absolute atomic E-state index is 0.0196. The van der Waals surface area contributed by atoms with Crippen LogP contribution in [0.15, 0.2) is 61.2 Å². The third kappa shape index (κ3) is 3.02. The van der Waals surface area contributed by atoms with E-state index in [4.69, 9.17) is 9.84 Å². The number of nitrogens with zero attached hydrogens (tertiary/aromatic N) is 6. The van der Waals surface area contributed by atoms with Crippen LogP contribution in [0.4, 0.5) is 0 Å². The molecule has 3 aromatic heterocycles. The van der Waals surface area contributed by atoms with Crippen LogP contribution in [0.2, 0.25) is 0 Å². The van der Waals surface area contributed by atoms with Crippen molar-refractivity contribution in [3.05, 3.63) is 78.0 Å². The number of pyridine rings is 1. The average Bonchev–Trinajstić information content (AvgIpc) is 3.47. The third-order valence-corrected chi connectivity index (χ3v) is 6.38. The van der Waals surface area contributed by atoms with Crippen LogP contribution in [0.25, 0.3) is 11.3 Å². The Morgan fingerprint density at radius 1 is 1.10 bits per heavy atom. The van der Waals surface area contributed by atoms with E-state index in [1.807, 2.05) is 27.8 Å². The lowest BCUT2D eigenvalue weighted by molar-refractivity contribution is -0.0963.